The van der Waals surface area contributed by atoms with Gasteiger partial charge < -0.3 is 20.3 Å². The monoisotopic (exact) mass is 1020 g/mol. The highest BCUT2D eigenvalue weighted by Crippen LogP contribution is 2.18. The molecule has 0 aromatic carbocycles. The van der Waals surface area contributed by atoms with Crippen LogP contribution in [-0.2, 0) is 14.3 Å². The van der Waals surface area contributed by atoms with Crippen molar-refractivity contribution >= 4 is 11.9 Å². The molecule has 2 unspecified atom stereocenters. The van der Waals surface area contributed by atoms with Crippen molar-refractivity contribution in [1.29, 1.82) is 0 Å². The van der Waals surface area contributed by atoms with Crippen molar-refractivity contribution < 1.29 is 24.5 Å². The number of rotatable bonds is 62. The molecule has 6 nitrogen and oxygen atoms in total. The number of ether oxygens (including phenoxy) is 1. The number of hydrogen-bond donors (Lipinski definition) is 3. The van der Waals surface area contributed by atoms with Crippen LogP contribution in [0.5, 0.6) is 0 Å². The number of carbonyl (C=O) groups excluding carboxylic acids is 2. The summed E-state index contributed by atoms with van der Waals surface area (Å²) in [5.41, 5.74) is 0. The lowest BCUT2D eigenvalue weighted by Crippen LogP contribution is -2.45. The van der Waals surface area contributed by atoms with Crippen LogP contribution in [0.1, 0.15) is 373 Å². The molecule has 0 bridgehead atoms. The smallest absolute Gasteiger partial charge is 0.305 e. The minimum absolute atomic E-state index is 0.00957. The Morgan fingerprint density at radius 1 is 0.375 bits per heavy atom. The standard InChI is InChI=1S/C66H129NO5/c1-3-5-7-9-11-13-15-17-19-20-21-22-25-28-31-34-38-42-46-50-54-58-64(69)63(62-68)67-65(70)59-55-51-47-43-39-35-32-29-26-23-24-27-30-33-37-41-45-49-53-57-61-72-66(71)60-56-52-48-44-40-36-18-16-14-12-10-8-6-4-2/h23,26,63-64,68-69H,3-22,24-25,27-62H2,1-2H3,(H,67,70)/b26-23-. The van der Waals surface area contributed by atoms with Crippen LogP contribution in [0.2, 0.25) is 0 Å². The van der Waals surface area contributed by atoms with Gasteiger partial charge in [0.15, 0.2) is 0 Å². The van der Waals surface area contributed by atoms with E-state index in [4.69, 9.17) is 4.74 Å². The number of esters is 1. The van der Waals surface area contributed by atoms with E-state index in [9.17, 15) is 19.8 Å². The van der Waals surface area contributed by atoms with Gasteiger partial charge in [-0.15, -0.1) is 0 Å². The fourth-order valence-corrected chi connectivity index (χ4v) is 10.5. The normalized spacial score (nSPS) is 12.6. The first-order valence-electron chi connectivity index (χ1n) is 32.9. The first-order valence-corrected chi connectivity index (χ1v) is 32.9. The molecule has 0 spiro atoms. The van der Waals surface area contributed by atoms with Crippen LogP contribution in [0.4, 0.5) is 0 Å². The Kier molecular flexibility index (Phi) is 60.9. The molecule has 0 fully saturated rings. The van der Waals surface area contributed by atoms with Gasteiger partial charge in [0.05, 0.1) is 25.4 Å². The average Bonchev–Trinajstić information content (AvgIpc) is 3.38. The topological polar surface area (TPSA) is 95.9 Å². The summed E-state index contributed by atoms with van der Waals surface area (Å²) in [7, 11) is 0. The van der Waals surface area contributed by atoms with E-state index in [0.29, 0.717) is 25.9 Å². The molecule has 2 atom stereocenters. The van der Waals surface area contributed by atoms with E-state index in [1.54, 1.807) is 0 Å². The van der Waals surface area contributed by atoms with Crippen LogP contribution in [-0.4, -0.2) is 47.4 Å². The van der Waals surface area contributed by atoms with Gasteiger partial charge >= 0.3 is 5.97 Å². The lowest BCUT2D eigenvalue weighted by Gasteiger charge is -2.22. The Hall–Kier alpha value is -1.40. The molecule has 1 amide bonds. The second-order valence-electron chi connectivity index (χ2n) is 22.8. The van der Waals surface area contributed by atoms with E-state index in [1.165, 1.54) is 302 Å². The van der Waals surface area contributed by atoms with Crippen LogP contribution in [0.3, 0.4) is 0 Å². The van der Waals surface area contributed by atoms with Crippen molar-refractivity contribution in [2.75, 3.05) is 13.2 Å². The van der Waals surface area contributed by atoms with E-state index in [0.717, 1.165) is 38.5 Å². The summed E-state index contributed by atoms with van der Waals surface area (Å²) in [6.07, 6.45) is 75.1. The Bertz CT molecular complexity index is 1080. The van der Waals surface area contributed by atoms with Gasteiger partial charge in [0.2, 0.25) is 5.91 Å². The third-order valence-corrected chi connectivity index (χ3v) is 15.6. The van der Waals surface area contributed by atoms with E-state index in [2.05, 4.69) is 31.3 Å². The second-order valence-corrected chi connectivity index (χ2v) is 22.8. The molecule has 0 aromatic rings. The number of amides is 1. The van der Waals surface area contributed by atoms with Crippen molar-refractivity contribution in [3.63, 3.8) is 0 Å². The van der Waals surface area contributed by atoms with Gasteiger partial charge in [-0.3, -0.25) is 9.59 Å². The summed E-state index contributed by atoms with van der Waals surface area (Å²) in [4.78, 5) is 24.6. The van der Waals surface area contributed by atoms with Gasteiger partial charge in [-0.1, -0.05) is 321 Å². The molecule has 0 heterocycles. The molecule has 6 heteroatoms. The number of unbranched alkanes of at least 4 members (excludes halogenated alkanes) is 49. The zero-order valence-corrected chi connectivity index (χ0v) is 48.9. The number of allylic oxidation sites excluding steroid dienone is 2. The largest absolute Gasteiger partial charge is 0.466 e. The predicted molar refractivity (Wildman–Crippen MR) is 315 cm³/mol. The van der Waals surface area contributed by atoms with Crippen LogP contribution in [0.25, 0.3) is 0 Å². The Balaban J connectivity index is 3.42. The van der Waals surface area contributed by atoms with Crippen molar-refractivity contribution in [2.45, 2.75) is 386 Å². The quantitative estimate of drug-likeness (QED) is 0.0320. The zero-order chi connectivity index (χ0) is 52.2. The highest BCUT2D eigenvalue weighted by atomic mass is 16.5. The molecule has 0 aromatic heterocycles. The average molecular weight is 1020 g/mol. The maximum absolute atomic E-state index is 12.5. The number of hydrogen-bond acceptors (Lipinski definition) is 5. The minimum Gasteiger partial charge on any atom is -0.466 e. The lowest BCUT2D eigenvalue weighted by molar-refractivity contribution is -0.143. The highest BCUT2D eigenvalue weighted by molar-refractivity contribution is 5.76. The van der Waals surface area contributed by atoms with Crippen molar-refractivity contribution in [3.05, 3.63) is 12.2 Å². The maximum atomic E-state index is 12.5. The molecule has 0 saturated carbocycles. The van der Waals surface area contributed by atoms with E-state index < -0.39 is 12.1 Å². The molecular formula is C66H129NO5. The fourth-order valence-electron chi connectivity index (χ4n) is 10.5. The predicted octanol–water partition coefficient (Wildman–Crippen LogP) is 20.8. The van der Waals surface area contributed by atoms with Gasteiger partial charge in [0.1, 0.15) is 0 Å². The fraction of sp³-hybridized carbons (Fsp3) is 0.939. The minimum atomic E-state index is -0.670. The van der Waals surface area contributed by atoms with Crippen LogP contribution in [0, 0.1) is 0 Å². The Morgan fingerprint density at radius 3 is 0.986 bits per heavy atom. The number of nitrogens with one attached hydrogen (secondary N) is 1. The summed E-state index contributed by atoms with van der Waals surface area (Å²) in [5, 5.41) is 23.4. The summed E-state index contributed by atoms with van der Waals surface area (Å²) in [6.45, 7) is 4.98. The lowest BCUT2D eigenvalue weighted by atomic mass is 10.0. The van der Waals surface area contributed by atoms with Crippen LogP contribution >= 0.6 is 0 Å². The van der Waals surface area contributed by atoms with Crippen molar-refractivity contribution in [1.82, 2.24) is 5.32 Å². The van der Waals surface area contributed by atoms with Crippen molar-refractivity contribution in [3.8, 4) is 0 Å². The number of carbonyl (C=O) groups is 2. The molecule has 0 aliphatic rings. The van der Waals surface area contributed by atoms with Crippen LogP contribution in [0.15, 0.2) is 12.2 Å². The third-order valence-electron chi connectivity index (χ3n) is 15.6. The first-order chi connectivity index (χ1) is 35.5. The summed E-state index contributed by atoms with van der Waals surface area (Å²) in [5.74, 6) is -0.0297. The number of aliphatic hydroxyl groups excluding tert-OH is 2. The molecular weight excluding hydrogens is 887 g/mol. The SMILES string of the molecule is CCCCCCCCCCCCCCCCCCCCCCCC(O)C(CO)NC(=O)CCCCCCCCC/C=C\CCCCCCCCCCCOC(=O)CCCCCCCCCCCCCCCC. The Labute approximate surface area is 450 Å². The van der Waals surface area contributed by atoms with E-state index in [1.807, 2.05) is 0 Å². The molecule has 0 rings (SSSR count). The van der Waals surface area contributed by atoms with E-state index >= 15 is 0 Å². The summed E-state index contributed by atoms with van der Waals surface area (Å²) >= 11 is 0. The van der Waals surface area contributed by atoms with E-state index in [-0.39, 0.29) is 18.5 Å². The van der Waals surface area contributed by atoms with Gasteiger partial charge in [0, 0.05) is 12.8 Å². The second kappa shape index (κ2) is 62.1. The summed E-state index contributed by atoms with van der Waals surface area (Å²) in [6, 6.07) is -0.548. The molecule has 3 N–H and O–H groups in total. The van der Waals surface area contributed by atoms with Crippen LogP contribution < -0.4 is 5.32 Å². The van der Waals surface area contributed by atoms with Gasteiger partial charge in [-0.25, -0.2) is 0 Å². The molecule has 72 heavy (non-hydrogen) atoms. The summed E-state index contributed by atoms with van der Waals surface area (Å²) < 4.78 is 5.48. The highest BCUT2D eigenvalue weighted by Gasteiger charge is 2.20. The Morgan fingerprint density at radius 2 is 0.653 bits per heavy atom. The van der Waals surface area contributed by atoms with Crippen molar-refractivity contribution in [2.24, 2.45) is 0 Å². The zero-order valence-electron chi connectivity index (χ0n) is 48.9. The first kappa shape index (κ1) is 70.6. The molecule has 428 valence electrons. The van der Waals surface area contributed by atoms with Gasteiger partial charge in [-0.05, 0) is 51.4 Å². The molecule has 0 aliphatic heterocycles. The third kappa shape index (κ3) is 57.9. The maximum Gasteiger partial charge on any atom is 0.305 e. The molecule has 0 saturated heterocycles. The number of aliphatic hydroxyl groups is 2. The molecule has 0 radical (unpaired) electrons. The molecule has 0 aliphatic carbocycles. The van der Waals surface area contributed by atoms with Gasteiger partial charge in [-0.2, -0.15) is 0 Å². The van der Waals surface area contributed by atoms with Gasteiger partial charge in [0.25, 0.3) is 0 Å².